The standard InChI is InChI=1S/C6H9NO4/c1-2-5(9)7(3-4-8)6(10)11/h4H,2-3H2,1H3,(H,10,11). The lowest BCUT2D eigenvalue weighted by Gasteiger charge is -2.11. The molecular weight excluding hydrogens is 150 g/mol. The molecule has 0 bridgehead atoms. The number of carboxylic acid groups (broad SMARTS) is 1. The number of aldehydes is 1. The fourth-order valence-corrected chi connectivity index (χ4v) is 0.552. The van der Waals surface area contributed by atoms with E-state index >= 15 is 0 Å². The van der Waals surface area contributed by atoms with Gasteiger partial charge in [0.05, 0.1) is 6.54 Å². The highest BCUT2D eigenvalue weighted by atomic mass is 16.4. The second kappa shape index (κ2) is 4.43. The Morgan fingerprint density at radius 3 is 2.36 bits per heavy atom. The predicted octanol–water partition coefficient (Wildman–Crippen LogP) is 0.102. The molecule has 0 saturated carbocycles. The molecule has 0 aromatic heterocycles. The number of carbonyl (C=O) groups excluding carboxylic acids is 2. The monoisotopic (exact) mass is 159 g/mol. The summed E-state index contributed by atoms with van der Waals surface area (Å²) in [4.78, 5) is 31.3. The molecule has 0 aromatic rings. The molecule has 0 fully saturated rings. The number of imide groups is 1. The number of rotatable bonds is 3. The van der Waals surface area contributed by atoms with Crippen LogP contribution in [0.4, 0.5) is 4.79 Å². The zero-order chi connectivity index (χ0) is 8.85. The Bertz CT molecular complexity index is 177. The molecule has 0 heterocycles. The smallest absolute Gasteiger partial charge is 0.414 e. The van der Waals surface area contributed by atoms with E-state index in [2.05, 4.69) is 0 Å². The lowest BCUT2D eigenvalue weighted by molar-refractivity contribution is -0.130. The maximum absolute atomic E-state index is 10.7. The number of nitrogens with zero attached hydrogens (tertiary/aromatic N) is 1. The molecule has 62 valence electrons. The van der Waals surface area contributed by atoms with Crippen LogP contribution in [0.2, 0.25) is 0 Å². The molecule has 0 aliphatic heterocycles. The quantitative estimate of drug-likeness (QED) is 0.592. The fourth-order valence-electron chi connectivity index (χ4n) is 0.552. The predicted molar refractivity (Wildman–Crippen MR) is 36.1 cm³/mol. The third-order valence-corrected chi connectivity index (χ3v) is 1.09. The van der Waals surface area contributed by atoms with Crippen molar-refractivity contribution in [1.82, 2.24) is 4.90 Å². The lowest BCUT2D eigenvalue weighted by Crippen LogP contribution is -2.36. The molecule has 0 aliphatic carbocycles. The third kappa shape index (κ3) is 2.79. The van der Waals surface area contributed by atoms with Crippen molar-refractivity contribution in [3.05, 3.63) is 0 Å². The van der Waals surface area contributed by atoms with Gasteiger partial charge in [-0.3, -0.25) is 4.79 Å². The van der Waals surface area contributed by atoms with Gasteiger partial charge in [-0.05, 0) is 0 Å². The first kappa shape index (κ1) is 9.61. The van der Waals surface area contributed by atoms with E-state index in [0.717, 1.165) is 0 Å². The van der Waals surface area contributed by atoms with Gasteiger partial charge in [0.15, 0.2) is 0 Å². The van der Waals surface area contributed by atoms with Gasteiger partial charge < -0.3 is 9.90 Å². The zero-order valence-electron chi connectivity index (χ0n) is 6.11. The van der Waals surface area contributed by atoms with Crippen LogP contribution in [0.5, 0.6) is 0 Å². The fraction of sp³-hybridized carbons (Fsp3) is 0.500. The van der Waals surface area contributed by atoms with Gasteiger partial charge in [-0.15, -0.1) is 0 Å². The van der Waals surface area contributed by atoms with Crippen LogP contribution in [0.15, 0.2) is 0 Å². The lowest BCUT2D eigenvalue weighted by atomic mass is 10.4. The van der Waals surface area contributed by atoms with Crippen molar-refractivity contribution in [2.45, 2.75) is 13.3 Å². The van der Waals surface area contributed by atoms with E-state index in [1.54, 1.807) is 0 Å². The summed E-state index contributed by atoms with van der Waals surface area (Å²) in [6.45, 7) is 1.14. The van der Waals surface area contributed by atoms with Crippen LogP contribution < -0.4 is 0 Å². The summed E-state index contributed by atoms with van der Waals surface area (Å²) in [5, 5.41) is 8.35. The van der Waals surface area contributed by atoms with E-state index in [1.165, 1.54) is 6.92 Å². The Morgan fingerprint density at radius 2 is 2.09 bits per heavy atom. The third-order valence-electron chi connectivity index (χ3n) is 1.09. The average molecular weight is 159 g/mol. The molecule has 0 aliphatic rings. The van der Waals surface area contributed by atoms with Crippen molar-refractivity contribution in [2.75, 3.05) is 6.54 Å². The molecule has 5 nitrogen and oxygen atoms in total. The van der Waals surface area contributed by atoms with Crippen LogP contribution in [0.1, 0.15) is 13.3 Å². The van der Waals surface area contributed by atoms with E-state index in [9.17, 15) is 14.4 Å². The molecule has 0 radical (unpaired) electrons. The Morgan fingerprint density at radius 1 is 1.55 bits per heavy atom. The summed E-state index contributed by atoms with van der Waals surface area (Å²) in [5.41, 5.74) is 0. The Labute approximate surface area is 63.6 Å². The van der Waals surface area contributed by atoms with E-state index in [1.807, 2.05) is 0 Å². The molecule has 0 saturated heterocycles. The van der Waals surface area contributed by atoms with Crippen molar-refractivity contribution < 1.29 is 19.5 Å². The average Bonchev–Trinajstić information content (AvgIpc) is 1.98. The molecule has 0 spiro atoms. The summed E-state index contributed by atoms with van der Waals surface area (Å²) in [6.07, 6.45) is -0.925. The van der Waals surface area contributed by atoms with Crippen LogP contribution in [-0.4, -0.2) is 34.8 Å². The van der Waals surface area contributed by atoms with Gasteiger partial charge in [-0.1, -0.05) is 6.92 Å². The second-order valence-electron chi connectivity index (χ2n) is 1.81. The highest BCUT2D eigenvalue weighted by molar-refractivity contribution is 5.92. The minimum absolute atomic E-state index is 0.0835. The highest BCUT2D eigenvalue weighted by Gasteiger charge is 2.17. The number of carbonyl (C=O) groups is 3. The van der Waals surface area contributed by atoms with Gasteiger partial charge in [0.25, 0.3) is 0 Å². The summed E-state index contributed by atoms with van der Waals surface area (Å²) < 4.78 is 0. The van der Waals surface area contributed by atoms with Gasteiger partial charge >= 0.3 is 6.09 Å². The van der Waals surface area contributed by atoms with Gasteiger partial charge in [0.2, 0.25) is 5.91 Å². The minimum Gasteiger partial charge on any atom is -0.465 e. The van der Waals surface area contributed by atoms with Crippen LogP contribution in [0, 0.1) is 0 Å². The molecule has 11 heavy (non-hydrogen) atoms. The van der Waals surface area contributed by atoms with E-state index < -0.39 is 12.0 Å². The second-order valence-corrected chi connectivity index (χ2v) is 1.81. The maximum atomic E-state index is 10.7. The first-order valence-corrected chi connectivity index (χ1v) is 3.10. The van der Waals surface area contributed by atoms with E-state index in [0.29, 0.717) is 11.2 Å². The van der Waals surface area contributed by atoms with Crippen molar-refractivity contribution in [3.63, 3.8) is 0 Å². The largest absolute Gasteiger partial charge is 0.465 e. The Hall–Kier alpha value is -1.39. The Balaban J connectivity index is 4.20. The first-order chi connectivity index (χ1) is 5.13. The molecule has 0 atom stereocenters. The molecule has 0 rings (SSSR count). The molecule has 1 N–H and O–H groups in total. The normalized spacial score (nSPS) is 8.82. The summed E-state index contributed by atoms with van der Waals surface area (Å²) in [5.74, 6) is -0.565. The van der Waals surface area contributed by atoms with Gasteiger partial charge in [0.1, 0.15) is 6.29 Å². The summed E-state index contributed by atoms with van der Waals surface area (Å²) in [7, 11) is 0. The zero-order valence-corrected chi connectivity index (χ0v) is 6.11. The van der Waals surface area contributed by atoms with Gasteiger partial charge in [-0.2, -0.15) is 0 Å². The van der Waals surface area contributed by atoms with Crippen molar-refractivity contribution in [3.8, 4) is 0 Å². The van der Waals surface area contributed by atoms with Crippen molar-refractivity contribution >= 4 is 18.3 Å². The number of hydrogen-bond acceptors (Lipinski definition) is 3. The Kier molecular flexibility index (Phi) is 3.87. The maximum Gasteiger partial charge on any atom is 0.414 e. The first-order valence-electron chi connectivity index (χ1n) is 3.10. The molecule has 2 amide bonds. The van der Waals surface area contributed by atoms with Crippen LogP contribution >= 0.6 is 0 Å². The van der Waals surface area contributed by atoms with E-state index in [4.69, 9.17) is 5.11 Å². The molecule has 5 heteroatoms. The SMILES string of the molecule is CCC(=O)N(CC=O)C(=O)O. The summed E-state index contributed by atoms with van der Waals surface area (Å²) in [6, 6.07) is 0. The molecular formula is C6H9NO4. The van der Waals surface area contributed by atoms with Crippen molar-refractivity contribution in [2.24, 2.45) is 0 Å². The van der Waals surface area contributed by atoms with E-state index in [-0.39, 0.29) is 13.0 Å². The van der Waals surface area contributed by atoms with Gasteiger partial charge in [-0.25, -0.2) is 9.69 Å². The highest BCUT2D eigenvalue weighted by Crippen LogP contribution is 1.92. The minimum atomic E-state index is -1.39. The van der Waals surface area contributed by atoms with Crippen LogP contribution in [-0.2, 0) is 9.59 Å². The van der Waals surface area contributed by atoms with Crippen molar-refractivity contribution in [1.29, 1.82) is 0 Å². The molecule has 0 aromatic carbocycles. The number of hydrogen-bond donors (Lipinski definition) is 1. The topological polar surface area (TPSA) is 74.7 Å². The van der Waals surface area contributed by atoms with Crippen LogP contribution in [0.3, 0.4) is 0 Å². The summed E-state index contributed by atoms with van der Waals surface area (Å²) >= 11 is 0. The van der Waals surface area contributed by atoms with Crippen LogP contribution in [0.25, 0.3) is 0 Å². The number of amides is 2. The van der Waals surface area contributed by atoms with Gasteiger partial charge in [0, 0.05) is 6.42 Å². The molecule has 0 unspecified atom stereocenters.